The second-order valence-electron chi connectivity index (χ2n) is 5.55. The molecule has 0 bridgehead atoms. The number of nitrogens with two attached hydrogens (primary N) is 1. The summed E-state index contributed by atoms with van der Waals surface area (Å²) in [5.74, 6) is 2.10. The molecular weight excluding hydrogens is 250 g/mol. The monoisotopic (exact) mass is 273 g/mol. The molecule has 0 spiro atoms. The number of anilines is 1. The predicted octanol–water partition coefficient (Wildman–Crippen LogP) is 3.03. The van der Waals surface area contributed by atoms with E-state index in [1.165, 1.54) is 11.1 Å². The maximum absolute atomic E-state index is 6.04. The minimum Gasteiger partial charge on any atom is -0.497 e. The van der Waals surface area contributed by atoms with Gasteiger partial charge in [0.15, 0.2) is 0 Å². The van der Waals surface area contributed by atoms with Gasteiger partial charge in [0.1, 0.15) is 11.6 Å². The van der Waals surface area contributed by atoms with Crippen molar-refractivity contribution in [1.29, 1.82) is 0 Å². The van der Waals surface area contributed by atoms with Crippen molar-refractivity contribution in [3.63, 3.8) is 0 Å². The third-order valence-corrected chi connectivity index (χ3v) is 3.47. The second kappa shape index (κ2) is 5.99. The summed E-state index contributed by atoms with van der Waals surface area (Å²) >= 11 is 0. The van der Waals surface area contributed by atoms with Crippen molar-refractivity contribution in [2.24, 2.45) is 5.92 Å². The molecule has 4 heteroatoms. The SMILES string of the molecule is COc1ccc(Cn2nc(N)c(CC(C)C)c2C)cc1. The molecule has 2 aromatic rings. The number of hydrogen-bond donors (Lipinski definition) is 1. The Morgan fingerprint density at radius 1 is 1.25 bits per heavy atom. The topological polar surface area (TPSA) is 53.1 Å². The zero-order valence-corrected chi connectivity index (χ0v) is 12.7. The van der Waals surface area contributed by atoms with Crippen LogP contribution in [0.3, 0.4) is 0 Å². The number of aromatic nitrogens is 2. The molecule has 0 radical (unpaired) electrons. The van der Waals surface area contributed by atoms with Crippen molar-refractivity contribution in [2.75, 3.05) is 12.8 Å². The van der Waals surface area contributed by atoms with Crippen molar-refractivity contribution >= 4 is 5.82 Å². The van der Waals surface area contributed by atoms with Gasteiger partial charge >= 0.3 is 0 Å². The van der Waals surface area contributed by atoms with E-state index in [1.807, 2.05) is 16.8 Å². The number of nitrogen functional groups attached to an aromatic ring is 1. The van der Waals surface area contributed by atoms with Crippen LogP contribution in [0.1, 0.15) is 30.7 Å². The molecule has 1 aromatic heterocycles. The first-order valence-corrected chi connectivity index (χ1v) is 6.96. The number of rotatable bonds is 5. The quantitative estimate of drug-likeness (QED) is 0.911. The Hall–Kier alpha value is -1.97. The number of hydrogen-bond acceptors (Lipinski definition) is 3. The number of nitrogens with zero attached hydrogens (tertiary/aromatic N) is 2. The van der Waals surface area contributed by atoms with Crippen LogP contribution < -0.4 is 10.5 Å². The summed E-state index contributed by atoms with van der Waals surface area (Å²) in [6.07, 6.45) is 0.972. The number of benzene rings is 1. The van der Waals surface area contributed by atoms with Gasteiger partial charge in [0, 0.05) is 11.3 Å². The van der Waals surface area contributed by atoms with Crippen LogP contribution in [0.15, 0.2) is 24.3 Å². The maximum atomic E-state index is 6.04. The van der Waals surface area contributed by atoms with Gasteiger partial charge in [0.05, 0.1) is 13.7 Å². The lowest BCUT2D eigenvalue weighted by Gasteiger charge is -2.07. The van der Waals surface area contributed by atoms with Crippen molar-refractivity contribution in [2.45, 2.75) is 33.7 Å². The van der Waals surface area contributed by atoms with E-state index in [0.29, 0.717) is 11.7 Å². The Labute approximate surface area is 120 Å². The van der Waals surface area contributed by atoms with E-state index in [1.54, 1.807) is 7.11 Å². The van der Waals surface area contributed by atoms with Gasteiger partial charge in [-0.05, 0) is 37.0 Å². The highest BCUT2D eigenvalue weighted by molar-refractivity contribution is 5.43. The van der Waals surface area contributed by atoms with E-state index >= 15 is 0 Å². The second-order valence-corrected chi connectivity index (χ2v) is 5.55. The van der Waals surface area contributed by atoms with Gasteiger partial charge in [-0.25, -0.2) is 0 Å². The average Bonchev–Trinajstić information content (AvgIpc) is 2.67. The van der Waals surface area contributed by atoms with Gasteiger partial charge in [-0.1, -0.05) is 26.0 Å². The lowest BCUT2D eigenvalue weighted by molar-refractivity contribution is 0.414. The number of methoxy groups -OCH3 is 1. The first kappa shape index (κ1) is 14.4. The number of ether oxygens (including phenoxy) is 1. The van der Waals surface area contributed by atoms with Crippen molar-refractivity contribution < 1.29 is 4.74 Å². The maximum Gasteiger partial charge on any atom is 0.148 e. The van der Waals surface area contributed by atoms with Gasteiger partial charge < -0.3 is 10.5 Å². The fourth-order valence-electron chi connectivity index (χ4n) is 2.32. The molecule has 0 aliphatic rings. The molecule has 108 valence electrons. The fourth-order valence-corrected chi connectivity index (χ4v) is 2.32. The Balaban J connectivity index is 2.20. The van der Waals surface area contributed by atoms with Crippen LogP contribution in [-0.2, 0) is 13.0 Å². The highest BCUT2D eigenvalue weighted by Crippen LogP contribution is 2.21. The van der Waals surface area contributed by atoms with Gasteiger partial charge in [0.25, 0.3) is 0 Å². The third-order valence-electron chi connectivity index (χ3n) is 3.47. The Kier molecular flexibility index (Phi) is 4.32. The summed E-state index contributed by atoms with van der Waals surface area (Å²) in [5, 5.41) is 4.46. The molecule has 2 rings (SSSR count). The molecule has 1 heterocycles. The van der Waals surface area contributed by atoms with E-state index < -0.39 is 0 Å². The lowest BCUT2D eigenvalue weighted by Crippen LogP contribution is -2.05. The molecule has 0 amide bonds. The summed E-state index contributed by atoms with van der Waals surface area (Å²) < 4.78 is 7.15. The molecule has 0 unspecified atom stereocenters. The Morgan fingerprint density at radius 2 is 1.90 bits per heavy atom. The fraction of sp³-hybridized carbons (Fsp3) is 0.438. The summed E-state index contributed by atoms with van der Waals surface area (Å²) in [5.41, 5.74) is 9.56. The molecule has 0 atom stereocenters. The van der Waals surface area contributed by atoms with Crippen molar-refractivity contribution in [3.05, 3.63) is 41.1 Å². The molecule has 4 nitrogen and oxygen atoms in total. The van der Waals surface area contributed by atoms with E-state index in [2.05, 4.69) is 38.0 Å². The average molecular weight is 273 g/mol. The third kappa shape index (κ3) is 3.13. The highest BCUT2D eigenvalue weighted by atomic mass is 16.5. The smallest absolute Gasteiger partial charge is 0.148 e. The molecule has 0 fully saturated rings. The largest absolute Gasteiger partial charge is 0.497 e. The van der Waals surface area contributed by atoms with E-state index in [0.717, 1.165) is 24.4 Å². The van der Waals surface area contributed by atoms with Crippen LogP contribution in [0.4, 0.5) is 5.82 Å². The van der Waals surface area contributed by atoms with Crippen molar-refractivity contribution in [1.82, 2.24) is 9.78 Å². The Morgan fingerprint density at radius 3 is 2.45 bits per heavy atom. The molecule has 0 aliphatic carbocycles. The molecule has 0 saturated carbocycles. The molecule has 0 aliphatic heterocycles. The molecule has 1 aromatic carbocycles. The first-order valence-electron chi connectivity index (χ1n) is 6.96. The molecule has 0 saturated heterocycles. The summed E-state index contributed by atoms with van der Waals surface area (Å²) in [7, 11) is 1.67. The normalized spacial score (nSPS) is 11.1. The van der Waals surface area contributed by atoms with Crippen LogP contribution in [0, 0.1) is 12.8 Å². The van der Waals surface area contributed by atoms with Crippen LogP contribution >= 0.6 is 0 Å². The van der Waals surface area contributed by atoms with E-state index in [9.17, 15) is 0 Å². The van der Waals surface area contributed by atoms with Gasteiger partial charge in [-0.3, -0.25) is 4.68 Å². The van der Waals surface area contributed by atoms with Crippen molar-refractivity contribution in [3.8, 4) is 5.75 Å². The van der Waals surface area contributed by atoms with E-state index in [4.69, 9.17) is 10.5 Å². The molecule has 20 heavy (non-hydrogen) atoms. The summed E-state index contributed by atoms with van der Waals surface area (Å²) in [6, 6.07) is 8.04. The van der Waals surface area contributed by atoms with Gasteiger partial charge in [-0.15, -0.1) is 0 Å². The molecule has 2 N–H and O–H groups in total. The minimum absolute atomic E-state index is 0.578. The zero-order chi connectivity index (χ0) is 14.7. The van der Waals surface area contributed by atoms with Crippen LogP contribution in [0.5, 0.6) is 5.75 Å². The summed E-state index contributed by atoms with van der Waals surface area (Å²) in [4.78, 5) is 0. The van der Waals surface area contributed by atoms with Crippen LogP contribution in [0.2, 0.25) is 0 Å². The van der Waals surface area contributed by atoms with Crippen LogP contribution in [0.25, 0.3) is 0 Å². The van der Waals surface area contributed by atoms with E-state index in [-0.39, 0.29) is 0 Å². The Bertz CT molecular complexity index is 570. The lowest BCUT2D eigenvalue weighted by atomic mass is 10.0. The molecular formula is C16H23N3O. The highest BCUT2D eigenvalue weighted by Gasteiger charge is 2.13. The minimum atomic E-state index is 0.578. The van der Waals surface area contributed by atoms with Gasteiger partial charge in [-0.2, -0.15) is 5.10 Å². The summed E-state index contributed by atoms with van der Waals surface area (Å²) in [6.45, 7) is 7.21. The standard InChI is InChI=1S/C16H23N3O/c1-11(2)9-15-12(3)19(18-16(15)17)10-13-5-7-14(20-4)8-6-13/h5-8,11H,9-10H2,1-4H3,(H2,17,18). The predicted molar refractivity (Wildman–Crippen MR) is 82.0 cm³/mol. The first-order chi connectivity index (χ1) is 9.51. The zero-order valence-electron chi connectivity index (χ0n) is 12.7. The van der Waals surface area contributed by atoms with Crippen LogP contribution in [-0.4, -0.2) is 16.9 Å². The van der Waals surface area contributed by atoms with Gasteiger partial charge in [0.2, 0.25) is 0 Å².